The molecule has 0 aliphatic heterocycles. The summed E-state index contributed by atoms with van der Waals surface area (Å²) in [6, 6.07) is 0. The SMILES string of the molecule is CC1(O)C=C2C[C@@H](O)CC[C@]2(C)C2CC[C@]3(C)C[C@H](O)CC3C21. The molecule has 4 aliphatic carbocycles. The lowest BCUT2D eigenvalue weighted by atomic mass is 9.45. The number of rotatable bonds is 0. The summed E-state index contributed by atoms with van der Waals surface area (Å²) in [4.78, 5) is 0. The Morgan fingerprint density at radius 3 is 2.48 bits per heavy atom. The molecular formula is C20H32O3. The van der Waals surface area contributed by atoms with Crippen LogP contribution < -0.4 is 0 Å². The molecule has 3 saturated carbocycles. The van der Waals surface area contributed by atoms with E-state index in [0.717, 1.165) is 44.9 Å². The van der Waals surface area contributed by atoms with E-state index < -0.39 is 5.60 Å². The highest BCUT2D eigenvalue weighted by atomic mass is 16.3. The van der Waals surface area contributed by atoms with Crippen LogP contribution in [-0.2, 0) is 0 Å². The third-order valence-corrected chi connectivity index (χ3v) is 8.16. The summed E-state index contributed by atoms with van der Waals surface area (Å²) in [6.07, 6.45) is 8.32. The third kappa shape index (κ3) is 2.19. The van der Waals surface area contributed by atoms with E-state index in [1.807, 2.05) is 6.92 Å². The van der Waals surface area contributed by atoms with Gasteiger partial charge in [0, 0.05) is 0 Å². The minimum Gasteiger partial charge on any atom is -0.393 e. The van der Waals surface area contributed by atoms with Crippen LogP contribution >= 0.6 is 0 Å². The molecule has 3 nitrogen and oxygen atoms in total. The molecule has 23 heavy (non-hydrogen) atoms. The number of fused-ring (bicyclic) bond motifs is 5. The Morgan fingerprint density at radius 2 is 1.74 bits per heavy atom. The lowest BCUT2D eigenvalue weighted by Crippen LogP contribution is -2.58. The number of hydrogen-bond acceptors (Lipinski definition) is 3. The second-order valence-electron chi connectivity index (χ2n) is 9.73. The fraction of sp³-hybridized carbons (Fsp3) is 0.900. The van der Waals surface area contributed by atoms with Gasteiger partial charge in [0.1, 0.15) is 0 Å². The van der Waals surface area contributed by atoms with Crippen LogP contribution in [0, 0.1) is 28.6 Å². The zero-order chi connectivity index (χ0) is 16.6. The lowest BCUT2D eigenvalue weighted by molar-refractivity contribution is -0.123. The van der Waals surface area contributed by atoms with Crippen LogP contribution in [0.25, 0.3) is 0 Å². The average Bonchev–Trinajstić information content (AvgIpc) is 2.74. The van der Waals surface area contributed by atoms with Gasteiger partial charge in [-0.1, -0.05) is 25.5 Å². The first-order valence-electron chi connectivity index (χ1n) is 9.46. The summed E-state index contributed by atoms with van der Waals surface area (Å²) in [6.45, 7) is 6.66. The molecule has 0 heterocycles. The first-order valence-corrected chi connectivity index (χ1v) is 9.46. The fourth-order valence-electron chi connectivity index (χ4n) is 7.01. The van der Waals surface area contributed by atoms with Crippen LogP contribution in [0.1, 0.15) is 65.7 Å². The van der Waals surface area contributed by atoms with Crippen molar-refractivity contribution in [2.45, 2.75) is 83.5 Å². The molecule has 3 heteroatoms. The minimum atomic E-state index is -0.813. The summed E-state index contributed by atoms with van der Waals surface area (Å²) in [7, 11) is 0. The van der Waals surface area contributed by atoms with Crippen molar-refractivity contribution in [2.24, 2.45) is 28.6 Å². The minimum absolute atomic E-state index is 0.126. The van der Waals surface area contributed by atoms with Crippen molar-refractivity contribution in [3.05, 3.63) is 11.6 Å². The number of aliphatic hydroxyl groups excluding tert-OH is 2. The van der Waals surface area contributed by atoms with Gasteiger partial charge in [-0.2, -0.15) is 0 Å². The molecule has 0 radical (unpaired) electrons. The van der Waals surface area contributed by atoms with Gasteiger partial charge in [-0.15, -0.1) is 0 Å². The van der Waals surface area contributed by atoms with Crippen molar-refractivity contribution < 1.29 is 15.3 Å². The summed E-state index contributed by atoms with van der Waals surface area (Å²) in [5, 5.41) is 31.7. The van der Waals surface area contributed by atoms with Crippen molar-refractivity contribution >= 4 is 0 Å². The molecule has 0 aromatic rings. The highest BCUT2D eigenvalue weighted by molar-refractivity contribution is 5.30. The molecule has 0 aromatic heterocycles. The van der Waals surface area contributed by atoms with Crippen LogP contribution in [-0.4, -0.2) is 33.1 Å². The Labute approximate surface area is 139 Å². The Bertz CT molecular complexity index is 539. The van der Waals surface area contributed by atoms with Gasteiger partial charge < -0.3 is 15.3 Å². The monoisotopic (exact) mass is 320 g/mol. The van der Waals surface area contributed by atoms with E-state index in [1.54, 1.807) is 0 Å². The molecule has 0 spiro atoms. The van der Waals surface area contributed by atoms with E-state index >= 15 is 0 Å². The van der Waals surface area contributed by atoms with Gasteiger partial charge in [-0.3, -0.25) is 0 Å². The summed E-state index contributed by atoms with van der Waals surface area (Å²) >= 11 is 0. The molecular weight excluding hydrogens is 288 g/mol. The van der Waals surface area contributed by atoms with Crippen molar-refractivity contribution in [3.8, 4) is 0 Å². The van der Waals surface area contributed by atoms with Gasteiger partial charge >= 0.3 is 0 Å². The second kappa shape index (κ2) is 4.83. The maximum Gasteiger partial charge on any atom is 0.0836 e. The van der Waals surface area contributed by atoms with Gasteiger partial charge in [0.15, 0.2) is 0 Å². The molecule has 130 valence electrons. The maximum absolute atomic E-state index is 11.3. The van der Waals surface area contributed by atoms with Gasteiger partial charge in [0.05, 0.1) is 17.8 Å². The molecule has 0 saturated heterocycles. The molecule has 4 rings (SSSR count). The van der Waals surface area contributed by atoms with Crippen molar-refractivity contribution in [1.82, 2.24) is 0 Å². The van der Waals surface area contributed by atoms with Crippen LogP contribution in [0.2, 0.25) is 0 Å². The zero-order valence-corrected chi connectivity index (χ0v) is 14.8. The van der Waals surface area contributed by atoms with E-state index in [-0.39, 0.29) is 29.0 Å². The molecule has 3 fully saturated rings. The first kappa shape index (κ1) is 16.1. The van der Waals surface area contributed by atoms with Crippen LogP contribution in [0.15, 0.2) is 11.6 Å². The second-order valence-corrected chi connectivity index (χ2v) is 9.73. The van der Waals surface area contributed by atoms with E-state index in [4.69, 9.17) is 0 Å². The predicted octanol–water partition coefficient (Wildman–Crippen LogP) is 3.03. The molecule has 4 aliphatic rings. The topological polar surface area (TPSA) is 60.7 Å². The highest BCUT2D eigenvalue weighted by Crippen LogP contribution is 2.66. The lowest BCUT2D eigenvalue weighted by Gasteiger charge is -2.61. The van der Waals surface area contributed by atoms with Crippen LogP contribution in [0.3, 0.4) is 0 Å². The number of aliphatic hydroxyl groups is 3. The predicted molar refractivity (Wildman–Crippen MR) is 89.7 cm³/mol. The summed E-state index contributed by atoms with van der Waals surface area (Å²) < 4.78 is 0. The quantitative estimate of drug-likeness (QED) is 0.601. The third-order valence-electron chi connectivity index (χ3n) is 8.16. The molecule has 0 bridgehead atoms. The Balaban J connectivity index is 1.78. The molecule has 8 atom stereocenters. The Kier molecular flexibility index (Phi) is 3.38. The van der Waals surface area contributed by atoms with Crippen molar-refractivity contribution in [2.75, 3.05) is 0 Å². The Hall–Kier alpha value is -0.380. The molecule has 0 amide bonds. The van der Waals surface area contributed by atoms with Gasteiger partial charge in [0.25, 0.3) is 0 Å². The highest BCUT2D eigenvalue weighted by Gasteiger charge is 2.62. The van der Waals surface area contributed by atoms with E-state index in [9.17, 15) is 15.3 Å². The molecule has 0 aromatic carbocycles. The van der Waals surface area contributed by atoms with Crippen LogP contribution in [0.4, 0.5) is 0 Å². The van der Waals surface area contributed by atoms with Gasteiger partial charge in [0.2, 0.25) is 0 Å². The number of hydrogen-bond donors (Lipinski definition) is 3. The van der Waals surface area contributed by atoms with Gasteiger partial charge in [-0.05, 0) is 80.5 Å². The molecule has 3 N–H and O–H groups in total. The maximum atomic E-state index is 11.3. The summed E-state index contributed by atoms with van der Waals surface area (Å²) in [5.74, 6) is 1.13. The molecule has 4 unspecified atom stereocenters. The summed E-state index contributed by atoms with van der Waals surface area (Å²) in [5.41, 5.74) is 0.777. The largest absolute Gasteiger partial charge is 0.393 e. The average molecular weight is 320 g/mol. The fourth-order valence-corrected chi connectivity index (χ4v) is 7.01. The zero-order valence-electron chi connectivity index (χ0n) is 14.8. The van der Waals surface area contributed by atoms with Gasteiger partial charge in [-0.25, -0.2) is 0 Å². The van der Waals surface area contributed by atoms with E-state index in [1.165, 1.54) is 5.57 Å². The van der Waals surface area contributed by atoms with E-state index in [2.05, 4.69) is 19.9 Å². The first-order chi connectivity index (χ1) is 10.7. The smallest absolute Gasteiger partial charge is 0.0836 e. The van der Waals surface area contributed by atoms with Crippen molar-refractivity contribution in [1.29, 1.82) is 0 Å². The normalized spacial score (nSPS) is 58.9. The van der Waals surface area contributed by atoms with E-state index in [0.29, 0.717) is 11.8 Å². The van der Waals surface area contributed by atoms with Crippen molar-refractivity contribution in [3.63, 3.8) is 0 Å². The standard InChI is InChI=1S/C20H32O3/c1-18-6-5-15-17(16(18)9-14(22)11-18)20(3,23)10-12-8-13(21)4-7-19(12,15)2/h10,13-17,21-23H,4-9,11H2,1-3H3/t13-,14+,15?,16?,17?,18+,19-,20?/m0/s1. The van der Waals surface area contributed by atoms with Crippen LogP contribution in [0.5, 0.6) is 0 Å². The Morgan fingerprint density at radius 1 is 1.00 bits per heavy atom.